The van der Waals surface area contributed by atoms with Crippen molar-refractivity contribution >= 4 is 16.7 Å². The van der Waals surface area contributed by atoms with Crippen molar-refractivity contribution in [3.63, 3.8) is 0 Å². The minimum absolute atomic E-state index is 0.226. The van der Waals surface area contributed by atoms with Gasteiger partial charge in [0.2, 0.25) is 5.56 Å². The summed E-state index contributed by atoms with van der Waals surface area (Å²) in [7, 11) is 1.84. The first-order chi connectivity index (χ1) is 13.1. The highest BCUT2D eigenvalue weighted by molar-refractivity contribution is 5.85. The second-order valence-electron chi connectivity index (χ2n) is 6.89. The highest BCUT2D eigenvalue weighted by atomic mass is 16.3. The zero-order chi connectivity index (χ0) is 18.5. The van der Waals surface area contributed by atoms with E-state index in [-0.39, 0.29) is 5.56 Å². The van der Waals surface area contributed by atoms with E-state index in [2.05, 4.69) is 15.1 Å². The minimum atomic E-state index is -0.621. The van der Waals surface area contributed by atoms with Gasteiger partial charge in [0.1, 0.15) is 28.8 Å². The van der Waals surface area contributed by atoms with Crippen LogP contribution in [0.2, 0.25) is 0 Å². The maximum absolute atomic E-state index is 11.7. The van der Waals surface area contributed by atoms with Gasteiger partial charge in [0, 0.05) is 37.1 Å². The van der Waals surface area contributed by atoms with Crippen molar-refractivity contribution < 1.29 is 5.11 Å². The number of aromatic nitrogens is 5. The predicted molar refractivity (Wildman–Crippen MR) is 100 cm³/mol. The van der Waals surface area contributed by atoms with Crippen molar-refractivity contribution in [2.75, 3.05) is 0 Å². The van der Waals surface area contributed by atoms with Gasteiger partial charge in [0.15, 0.2) is 5.65 Å². The van der Waals surface area contributed by atoms with E-state index in [9.17, 15) is 9.90 Å². The van der Waals surface area contributed by atoms with E-state index < -0.39 is 6.23 Å². The van der Waals surface area contributed by atoms with E-state index in [0.717, 1.165) is 18.4 Å². The van der Waals surface area contributed by atoms with Crippen molar-refractivity contribution in [2.45, 2.75) is 25.1 Å². The summed E-state index contributed by atoms with van der Waals surface area (Å²) < 4.78 is 1.70. The highest BCUT2D eigenvalue weighted by Gasteiger charge is 2.32. The standard InChI is InChI=1S/C19H18N6O2/c1-24-9-8-13(23-24)18-17(20-14-5-6-15(26)21-19(14)22-18)11-2-7-16(27)25(10-11)12-3-4-12/h2,5-10,12,16,27H,3-4H2,1H3,(H,21,22,26). The molecule has 1 aliphatic heterocycles. The summed E-state index contributed by atoms with van der Waals surface area (Å²) in [6.45, 7) is 0. The van der Waals surface area contributed by atoms with Gasteiger partial charge in [-0.2, -0.15) is 5.10 Å². The Morgan fingerprint density at radius 2 is 2.04 bits per heavy atom. The molecule has 3 aromatic heterocycles. The summed E-state index contributed by atoms with van der Waals surface area (Å²) >= 11 is 0. The molecule has 2 aliphatic rings. The fraction of sp³-hybridized carbons (Fsp3) is 0.263. The number of nitrogens with zero attached hydrogens (tertiary/aromatic N) is 5. The molecule has 1 fully saturated rings. The van der Waals surface area contributed by atoms with Crippen molar-refractivity contribution in [2.24, 2.45) is 7.05 Å². The number of pyridine rings is 1. The number of aliphatic hydroxyl groups excluding tert-OH is 1. The average Bonchev–Trinajstić information content (AvgIpc) is 3.41. The van der Waals surface area contributed by atoms with Crippen LogP contribution in [0.15, 0.2) is 47.5 Å². The van der Waals surface area contributed by atoms with Crippen molar-refractivity contribution in [1.82, 2.24) is 29.6 Å². The lowest BCUT2D eigenvalue weighted by molar-refractivity contribution is 0.0727. The molecule has 2 N–H and O–H groups in total. The van der Waals surface area contributed by atoms with Crippen molar-refractivity contribution in [3.05, 3.63) is 58.8 Å². The third-order valence-corrected chi connectivity index (χ3v) is 4.80. The maximum Gasteiger partial charge on any atom is 0.249 e. The van der Waals surface area contributed by atoms with Gasteiger partial charge in [-0.05, 0) is 31.1 Å². The molecule has 0 radical (unpaired) electrons. The Kier molecular flexibility index (Phi) is 3.48. The molecule has 0 bridgehead atoms. The van der Waals surface area contributed by atoms with E-state index in [4.69, 9.17) is 4.98 Å². The van der Waals surface area contributed by atoms with Crippen molar-refractivity contribution in [1.29, 1.82) is 0 Å². The van der Waals surface area contributed by atoms with Gasteiger partial charge in [-0.3, -0.25) is 9.48 Å². The zero-order valence-electron chi connectivity index (χ0n) is 14.7. The second kappa shape index (κ2) is 5.88. The number of allylic oxidation sites excluding steroid dienone is 2. The molecular weight excluding hydrogens is 344 g/mol. The quantitative estimate of drug-likeness (QED) is 0.731. The molecular formula is C19H18N6O2. The molecule has 27 heavy (non-hydrogen) atoms. The van der Waals surface area contributed by atoms with Gasteiger partial charge in [-0.1, -0.05) is 6.08 Å². The van der Waals surface area contributed by atoms with Gasteiger partial charge in [0.25, 0.3) is 0 Å². The molecule has 0 aromatic carbocycles. The molecule has 1 atom stereocenters. The summed E-state index contributed by atoms with van der Waals surface area (Å²) in [6, 6.07) is 5.32. The second-order valence-corrected chi connectivity index (χ2v) is 6.89. The first-order valence-corrected chi connectivity index (χ1v) is 8.85. The van der Waals surface area contributed by atoms with E-state index in [1.807, 2.05) is 36.5 Å². The van der Waals surface area contributed by atoms with Gasteiger partial charge < -0.3 is 15.0 Å². The van der Waals surface area contributed by atoms with Gasteiger partial charge in [-0.25, -0.2) is 9.97 Å². The molecule has 0 amide bonds. The number of aromatic amines is 1. The van der Waals surface area contributed by atoms with Crippen LogP contribution in [-0.4, -0.2) is 47.0 Å². The van der Waals surface area contributed by atoms with E-state index in [1.54, 1.807) is 16.8 Å². The number of H-pyrrole nitrogens is 1. The predicted octanol–water partition coefficient (Wildman–Crippen LogP) is 1.41. The van der Waals surface area contributed by atoms with Crippen LogP contribution in [0.4, 0.5) is 0 Å². The number of aliphatic hydroxyl groups is 1. The summed E-state index contributed by atoms with van der Waals surface area (Å²) in [5.74, 6) is 0. The van der Waals surface area contributed by atoms with E-state index in [1.165, 1.54) is 6.07 Å². The number of aryl methyl sites for hydroxylation is 1. The number of fused-ring (bicyclic) bond motifs is 1. The summed E-state index contributed by atoms with van der Waals surface area (Å²) in [4.78, 5) is 25.8. The van der Waals surface area contributed by atoms with Crippen LogP contribution in [0.25, 0.3) is 28.1 Å². The Balaban J connectivity index is 1.72. The Bertz CT molecular complexity index is 1150. The van der Waals surface area contributed by atoms with Crippen molar-refractivity contribution in [3.8, 4) is 11.4 Å². The zero-order valence-corrected chi connectivity index (χ0v) is 14.7. The van der Waals surface area contributed by atoms with Gasteiger partial charge in [0.05, 0.1) is 0 Å². The van der Waals surface area contributed by atoms with Crippen LogP contribution >= 0.6 is 0 Å². The third kappa shape index (κ3) is 2.83. The lowest BCUT2D eigenvalue weighted by atomic mass is 10.1. The SMILES string of the molecule is Cn1ccc(-c2nc3[nH]c(=O)ccc3nc2C2=CN(C3CC3)C(O)C=C2)n1. The molecule has 3 aromatic rings. The molecule has 1 saturated carbocycles. The molecule has 0 spiro atoms. The first kappa shape index (κ1) is 16.0. The Labute approximate surface area is 154 Å². The van der Waals surface area contributed by atoms with Crippen LogP contribution in [0, 0.1) is 0 Å². The Hall–Kier alpha value is -3.26. The number of hydrogen-bond acceptors (Lipinski definition) is 6. The summed E-state index contributed by atoms with van der Waals surface area (Å²) in [5, 5.41) is 14.7. The van der Waals surface area contributed by atoms with E-state index >= 15 is 0 Å². The minimum Gasteiger partial charge on any atom is -0.370 e. The monoisotopic (exact) mass is 362 g/mol. The normalized spacial score (nSPS) is 19.6. The Morgan fingerprint density at radius 3 is 2.78 bits per heavy atom. The lowest BCUT2D eigenvalue weighted by Crippen LogP contribution is -2.32. The van der Waals surface area contributed by atoms with Crippen LogP contribution < -0.4 is 5.56 Å². The number of rotatable bonds is 3. The topological polar surface area (TPSA) is 99.9 Å². The first-order valence-electron chi connectivity index (χ1n) is 8.85. The summed E-state index contributed by atoms with van der Waals surface area (Å²) in [6.07, 6.45) is 8.93. The highest BCUT2D eigenvalue weighted by Crippen LogP contribution is 2.35. The van der Waals surface area contributed by atoms with Crippen LogP contribution in [0.5, 0.6) is 0 Å². The number of nitrogens with one attached hydrogen (secondary N) is 1. The largest absolute Gasteiger partial charge is 0.370 e. The third-order valence-electron chi connectivity index (χ3n) is 4.80. The molecule has 0 saturated heterocycles. The van der Waals surface area contributed by atoms with Gasteiger partial charge >= 0.3 is 0 Å². The molecule has 1 unspecified atom stereocenters. The van der Waals surface area contributed by atoms with Crippen LogP contribution in [0.3, 0.4) is 0 Å². The maximum atomic E-state index is 11.7. The molecule has 136 valence electrons. The van der Waals surface area contributed by atoms with Crippen LogP contribution in [-0.2, 0) is 7.05 Å². The van der Waals surface area contributed by atoms with Crippen LogP contribution in [0.1, 0.15) is 18.5 Å². The average molecular weight is 362 g/mol. The van der Waals surface area contributed by atoms with E-state index in [0.29, 0.717) is 34.3 Å². The fourth-order valence-corrected chi connectivity index (χ4v) is 3.29. The smallest absolute Gasteiger partial charge is 0.249 e. The molecule has 8 nitrogen and oxygen atoms in total. The molecule has 1 aliphatic carbocycles. The lowest BCUT2D eigenvalue weighted by Gasteiger charge is -2.28. The summed E-state index contributed by atoms with van der Waals surface area (Å²) in [5.41, 5.74) is 3.58. The molecule has 4 heterocycles. The fourth-order valence-electron chi connectivity index (χ4n) is 3.29. The molecule has 8 heteroatoms. The number of hydrogen-bond donors (Lipinski definition) is 2. The molecule has 5 rings (SSSR count). The van der Waals surface area contributed by atoms with Gasteiger partial charge in [-0.15, -0.1) is 0 Å². The Morgan fingerprint density at radius 1 is 1.19 bits per heavy atom.